The lowest BCUT2D eigenvalue weighted by atomic mass is 9.91. The number of nitrogens with zero attached hydrogens (tertiary/aromatic N) is 1. The van der Waals surface area contributed by atoms with Crippen LogP contribution in [0.15, 0.2) is 24.3 Å². The highest BCUT2D eigenvalue weighted by Gasteiger charge is 2.28. The van der Waals surface area contributed by atoms with E-state index in [2.05, 4.69) is 22.6 Å². The van der Waals surface area contributed by atoms with E-state index in [1.807, 2.05) is 29.2 Å². The molecule has 1 aromatic carbocycles. The van der Waals surface area contributed by atoms with E-state index in [0.717, 1.165) is 22.0 Å². The molecule has 0 saturated heterocycles. The van der Waals surface area contributed by atoms with Gasteiger partial charge in [0.25, 0.3) is 5.91 Å². The highest BCUT2D eigenvalue weighted by atomic mass is 127. The molecule has 0 unspecified atom stereocenters. The number of halogens is 1. The van der Waals surface area contributed by atoms with Gasteiger partial charge in [-0.3, -0.25) is 4.79 Å². The number of amides is 1. The Balaban J connectivity index is 2.11. The largest absolute Gasteiger partial charge is 0.396 e. The molecule has 0 radical (unpaired) electrons. The zero-order valence-electron chi connectivity index (χ0n) is 10.3. The topological polar surface area (TPSA) is 40.5 Å². The van der Waals surface area contributed by atoms with Gasteiger partial charge in [0.1, 0.15) is 0 Å². The van der Waals surface area contributed by atoms with Crippen LogP contribution < -0.4 is 0 Å². The molecule has 0 atom stereocenters. The molecule has 18 heavy (non-hydrogen) atoms. The maximum absolute atomic E-state index is 12.5. The van der Waals surface area contributed by atoms with Crippen molar-refractivity contribution in [2.75, 3.05) is 13.2 Å². The maximum Gasteiger partial charge on any atom is 0.254 e. The lowest BCUT2D eigenvalue weighted by Crippen LogP contribution is -2.45. The molecular weight excluding hydrogens is 341 g/mol. The van der Waals surface area contributed by atoms with Crippen LogP contribution in [0.2, 0.25) is 0 Å². The molecule has 1 amide bonds. The number of aliphatic hydroxyl groups excluding tert-OH is 1. The van der Waals surface area contributed by atoms with E-state index < -0.39 is 0 Å². The molecule has 0 aliphatic heterocycles. The molecule has 0 aromatic heterocycles. The van der Waals surface area contributed by atoms with Crippen LogP contribution in [0.1, 0.15) is 36.0 Å². The number of carbonyl (C=O) groups is 1. The van der Waals surface area contributed by atoms with Gasteiger partial charge in [-0.2, -0.15) is 0 Å². The standard InChI is InChI=1S/C14H18INO2/c15-12-5-1-4-11(10-12)14(18)16(8-3-9-17)13-6-2-7-13/h1,4-5,10,13,17H,2-3,6-9H2. The first kappa shape index (κ1) is 13.8. The predicted molar refractivity (Wildman–Crippen MR) is 79.5 cm³/mol. The van der Waals surface area contributed by atoms with Crippen molar-refractivity contribution in [2.24, 2.45) is 0 Å². The Morgan fingerprint density at radius 2 is 2.22 bits per heavy atom. The van der Waals surface area contributed by atoms with Crippen LogP contribution in [-0.4, -0.2) is 35.1 Å². The zero-order chi connectivity index (χ0) is 13.0. The molecule has 1 fully saturated rings. The van der Waals surface area contributed by atoms with Gasteiger partial charge in [0, 0.05) is 28.3 Å². The summed E-state index contributed by atoms with van der Waals surface area (Å²) in [5.74, 6) is 0.103. The SMILES string of the molecule is O=C(c1cccc(I)c1)N(CCCO)C1CCC1. The molecule has 1 N–H and O–H groups in total. The summed E-state index contributed by atoms with van der Waals surface area (Å²) in [6.45, 7) is 0.800. The van der Waals surface area contributed by atoms with Crippen molar-refractivity contribution in [3.05, 3.63) is 33.4 Å². The number of carbonyl (C=O) groups excluding carboxylic acids is 1. The third-order valence-electron chi connectivity index (χ3n) is 3.41. The molecule has 1 aliphatic rings. The Bertz CT molecular complexity index is 418. The molecule has 3 nitrogen and oxygen atoms in total. The Kier molecular flexibility index (Phi) is 5.00. The summed E-state index contributed by atoms with van der Waals surface area (Å²) in [7, 11) is 0. The first-order chi connectivity index (χ1) is 8.72. The van der Waals surface area contributed by atoms with Gasteiger partial charge in [0.05, 0.1) is 0 Å². The Morgan fingerprint density at radius 1 is 1.44 bits per heavy atom. The van der Waals surface area contributed by atoms with Gasteiger partial charge in [0.2, 0.25) is 0 Å². The molecule has 1 aromatic rings. The van der Waals surface area contributed by atoms with Crippen molar-refractivity contribution in [1.29, 1.82) is 0 Å². The summed E-state index contributed by atoms with van der Waals surface area (Å²) in [4.78, 5) is 14.4. The summed E-state index contributed by atoms with van der Waals surface area (Å²) < 4.78 is 1.08. The minimum Gasteiger partial charge on any atom is -0.396 e. The molecule has 98 valence electrons. The quantitative estimate of drug-likeness (QED) is 0.822. The van der Waals surface area contributed by atoms with Crippen molar-refractivity contribution in [3.63, 3.8) is 0 Å². The average Bonchev–Trinajstić information content (AvgIpc) is 2.31. The van der Waals surface area contributed by atoms with Crippen molar-refractivity contribution in [3.8, 4) is 0 Å². The lowest BCUT2D eigenvalue weighted by Gasteiger charge is -2.37. The van der Waals surface area contributed by atoms with E-state index in [1.165, 1.54) is 6.42 Å². The van der Waals surface area contributed by atoms with Gasteiger partial charge in [0.15, 0.2) is 0 Å². The lowest BCUT2D eigenvalue weighted by molar-refractivity contribution is 0.0562. The molecule has 0 bridgehead atoms. The van der Waals surface area contributed by atoms with E-state index in [4.69, 9.17) is 5.11 Å². The van der Waals surface area contributed by atoms with Gasteiger partial charge in [-0.15, -0.1) is 0 Å². The fraction of sp³-hybridized carbons (Fsp3) is 0.500. The Labute approximate surface area is 121 Å². The number of hydrogen-bond donors (Lipinski definition) is 1. The highest BCUT2D eigenvalue weighted by Crippen LogP contribution is 2.26. The van der Waals surface area contributed by atoms with E-state index in [-0.39, 0.29) is 12.5 Å². The molecule has 2 rings (SSSR count). The maximum atomic E-state index is 12.5. The van der Waals surface area contributed by atoms with Crippen molar-refractivity contribution >= 4 is 28.5 Å². The van der Waals surface area contributed by atoms with Crippen LogP contribution in [-0.2, 0) is 0 Å². The number of hydrogen-bond acceptors (Lipinski definition) is 2. The van der Waals surface area contributed by atoms with Gasteiger partial charge >= 0.3 is 0 Å². The van der Waals surface area contributed by atoms with Crippen molar-refractivity contribution < 1.29 is 9.90 Å². The number of rotatable bonds is 5. The summed E-state index contributed by atoms with van der Waals surface area (Å²) in [6.07, 6.45) is 4.06. The van der Waals surface area contributed by atoms with Crippen LogP contribution in [0, 0.1) is 3.57 Å². The highest BCUT2D eigenvalue weighted by molar-refractivity contribution is 14.1. The second-order valence-electron chi connectivity index (χ2n) is 4.67. The number of aliphatic hydroxyl groups is 1. The fourth-order valence-electron chi connectivity index (χ4n) is 2.18. The van der Waals surface area contributed by atoms with Crippen molar-refractivity contribution in [1.82, 2.24) is 4.90 Å². The van der Waals surface area contributed by atoms with Crippen LogP contribution in [0.5, 0.6) is 0 Å². The van der Waals surface area contributed by atoms with E-state index >= 15 is 0 Å². The van der Waals surface area contributed by atoms with Gasteiger partial charge in [-0.25, -0.2) is 0 Å². The third kappa shape index (κ3) is 3.23. The smallest absolute Gasteiger partial charge is 0.254 e. The first-order valence-corrected chi connectivity index (χ1v) is 7.47. The average molecular weight is 359 g/mol. The van der Waals surface area contributed by atoms with Crippen LogP contribution in [0.25, 0.3) is 0 Å². The minimum atomic E-state index is 0.103. The molecule has 0 spiro atoms. The van der Waals surface area contributed by atoms with E-state index in [0.29, 0.717) is 19.0 Å². The van der Waals surface area contributed by atoms with Crippen LogP contribution in [0.4, 0.5) is 0 Å². The Morgan fingerprint density at radius 3 is 2.78 bits per heavy atom. The Hall–Kier alpha value is -0.620. The monoisotopic (exact) mass is 359 g/mol. The molecule has 1 aliphatic carbocycles. The van der Waals surface area contributed by atoms with Crippen molar-refractivity contribution in [2.45, 2.75) is 31.7 Å². The zero-order valence-corrected chi connectivity index (χ0v) is 12.5. The van der Waals surface area contributed by atoms with Gasteiger partial charge < -0.3 is 10.0 Å². The third-order valence-corrected chi connectivity index (χ3v) is 4.08. The van der Waals surface area contributed by atoms with Crippen LogP contribution in [0.3, 0.4) is 0 Å². The summed E-state index contributed by atoms with van der Waals surface area (Å²) in [5, 5.41) is 8.94. The van der Waals surface area contributed by atoms with Gasteiger partial charge in [-0.05, 0) is 66.5 Å². The second kappa shape index (κ2) is 6.52. The molecule has 4 heteroatoms. The summed E-state index contributed by atoms with van der Waals surface area (Å²) in [6, 6.07) is 8.07. The van der Waals surface area contributed by atoms with Gasteiger partial charge in [-0.1, -0.05) is 6.07 Å². The molecular formula is C14H18INO2. The number of benzene rings is 1. The second-order valence-corrected chi connectivity index (χ2v) is 5.92. The first-order valence-electron chi connectivity index (χ1n) is 6.40. The van der Waals surface area contributed by atoms with Crippen LogP contribution >= 0.6 is 22.6 Å². The summed E-state index contributed by atoms with van der Waals surface area (Å²) in [5.41, 5.74) is 0.756. The fourth-order valence-corrected chi connectivity index (χ4v) is 2.72. The van der Waals surface area contributed by atoms with E-state index in [9.17, 15) is 4.79 Å². The predicted octanol–water partition coefficient (Wildman–Crippen LogP) is 2.67. The minimum absolute atomic E-state index is 0.103. The molecule has 1 saturated carbocycles. The van der Waals surface area contributed by atoms with E-state index in [1.54, 1.807) is 0 Å². The molecule has 0 heterocycles. The normalized spacial score (nSPS) is 15.2. The summed E-state index contributed by atoms with van der Waals surface area (Å²) >= 11 is 2.22.